The van der Waals surface area contributed by atoms with E-state index in [2.05, 4.69) is 53.5 Å². The van der Waals surface area contributed by atoms with Crippen molar-refractivity contribution >= 4 is 28.4 Å². The Hall–Kier alpha value is -3.34. The van der Waals surface area contributed by atoms with Gasteiger partial charge in [0.05, 0.1) is 11.3 Å². The van der Waals surface area contributed by atoms with Crippen LogP contribution in [0.1, 0.15) is 29.8 Å². The van der Waals surface area contributed by atoms with Crippen LogP contribution in [0.15, 0.2) is 66.4 Å². The molecule has 2 N–H and O–H groups in total. The molecule has 0 saturated heterocycles. The first-order valence-corrected chi connectivity index (χ1v) is 9.44. The Bertz CT molecular complexity index is 1090. The number of carbonyl (C=O) groups excluding carboxylic acids is 2. The lowest BCUT2D eigenvalue weighted by atomic mass is 10.0. The zero-order chi connectivity index (χ0) is 19.7. The lowest BCUT2D eigenvalue weighted by Gasteiger charge is -2.14. The van der Waals surface area contributed by atoms with Gasteiger partial charge in [-0.2, -0.15) is 0 Å². The van der Waals surface area contributed by atoms with Crippen LogP contribution in [0.3, 0.4) is 0 Å². The molecule has 2 heterocycles. The number of hydrogen-bond donors (Lipinski definition) is 2. The van der Waals surface area contributed by atoms with E-state index in [0.29, 0.717) is 17.7 Å². The van der Waals surface area contributed by atoms with Gasteiger partial charge in [0.2, 0.25) is 5.91 Å². The lowest BCUT2D eigenvalue weighted by Crippen LogP contribution is -2.42. The number of carbonyl (C=O) groups is 2. The molecule has 0 bridgehead atoms. The van der Waals surface area contributed by atoms with Crippen molar-refractivity contribution < 1.29 is 9.59 Å². The fourth-order valence-corrected chi connectivity index (χ4v) is 3.59. The number of rotatable bonds is 4. The number of para-hydroxylation sites is 2. The van der Waals surface area contributed by atoms with Crippen molar-refractivity contribution in [3.63, 3.8) is 0 Å². The van der Waals surface area contributed by atoms with E-state index < -0.39 is 6.04 Å². The normalized spacial score (nSPS) is 16.1. The van der Waals surface area contributed by atoms with Crippen molar-refractivity contribution in [3.8, 4) is 0 Å². The number of hydrogen-bond acceptors (Lipinski definition) is 2. The van der Waals surface area contributed by atoms with Gasteiger partial charge in [0.15, 0.2) is 0 Å². The van der Waals surface area contributed by atoms with Gasteiger partial charge in [-0.15, -0.1) is 0 Å². The molecule has 142 valence electrons. The molecular weight excluding hydrogens is 350 g/mol. The van der Waals surface area contributed by atoms with Crippen LogP contribution in [0, 0.1) is 0 Å². The Morgan fingerprint density at radius 2 is 1.82 bits per heavy atom. The molecule has 0 saturated carbocycles. The summed E-state index contributed by atoms with van der Waals surface area (Å²) in [5, 5.41) is 6.87. The summed E-state index contributed by atoms with van der Waals surface area (Å²) in [6.07, 6.45) is 4.70. The second-order valence-electron chi connectivity index (χ2n) is 7.37. The molecule has 28 heavy (non-hydrogen) atoms. The molecule has 0 spiro atoms. The Morgan fingerprint density at radius 1 is 1.07 bits per heavy atom. The summed E-state index contributed by atoms with van der Waals surface area (Å²) in [7, 11) is 0. The summed E-state index contributed by atoms with van der Waals surface area (Å²) < 4.78 is 2.18. The van der Waals surface area contributed by atoms with Gasteiger partial charge in [-0.1, -0.05) is 42.0 Å². The van der Waals surface area contributed by atoms with Gasteiger partial charge in [0.1, 0.15) is 6.04 Å². The van der Waals surface area contributed by atoms with Crippen LogP contribution in [0.4, 0.5) is 5.69 Å². The molecule has 4 rings (SSSR count). The van der Waals surface area contributed by atoms with E-state index in [1.165, 1.54) is 5.57 Å². The van der Waals surface area contributed by atoms with Crippen molar-refractivity contribution in [1.82, 2.24) is 9.88 Å². The molecule has 3 aromatic rings. The van der Waals surface area contributed by atoms with Gasteiger partial charge in [0.25, 0.3) is 5.91 Å². The average Bonchev–Trinajstić information content (AvgIpc) is 2.98. The zero-order valence-electron chi connectivity index (χ0n) is 16.0. The summed E-state index contributed by atoms with van der Waals surface area (Å²) in [5.41, 5.74) is 4.47. The van der Waals surface area contributed by atoms with Gasteiger partial charge >= 0.3 is 0 Å². The monoisotopic (exact) mass is 373 g/mol. The minimum Gasteiger partial charge on any atom is -0.343 e. The predicted molar refractivity (Wildman–Crippen MR) is 111 cm³/mol. The highest BCUT2D eigenvalue weighted by atomic mass is 16.2. The number of benzene rings is 2. The topological polar surface area (TPSA) is 63.1 Å². The number of allylic oxidation sites excluding steroid dienone is 2. The molecule has 5 nitrogen and oxygen atoms in total. The van der Waals surface area contributed by atoms with Crippen LogP contribution in [-0.4, -0.2) is 22.4 Å². The van der Waals surface area contributed by atoms with Crippen molar-refractivity contribution in [3.05, 3.63) is 77.5 Å². The van der Waals surface area contributed by atoms with Gasteiger partial charge < -0.3 is 15.2 Å². The SMILES string of the molecule is CC(C)=CCn1cc(C[C@H]2NC(=O)c3ccccc3NC2=O)c2ccccc21. The number of nitrogens with zero attached hydrogens (tertiary/aromatic N) is 1. The van der Waals surface area contributed by atoms with Crippen molar-refractivity contribution in [2.45, 2.75) is 32.9 Å². The summed E-state index contributed by atoms with van der Waals surface area (Å²) in [6, 6.07) is 14.6. The minimum absolute atomic E-state index is 0.195. The predicted octanol–water partition coefficient (Wildman–Crippen LogP) is 3.90. The third kappa shape index (κ3) is 3.43. The number of nitrogens with one attached hydrogen (secondary N) is 2. The van der Waals surface area contributed by atoms with Crippen molar-refractivity contribution in [2.24, 2.45) is 0 Å². The summed E-state index contributed by atoms with van der Waals surface area (Å²) in [4.78, 5) is 25.3. The molecule has 0 unspecified atom stereocenters. The summed E-state index contributed by atoms with van der Waals surface area (Å²) in [5.74, 6) is -0.424. The Kier molecular flexibility index (Phi) is 4.74. The molecule has 2 aromatic carbocycles. The minimum atomic E-state index is -0.623. The van der Waals surface area contributed by atoms with Crippen LogP contribution in [0.25, 0.3) is 10.9 Å². The quantitative estimate of drug-likeness (QED) is 0.681. The third-order valence-electron chi connectivity index (χ3n) is 5.04. The largest absolute Gasteiger partial charge is 0.343 e. The molecule has 0 aliphatic carbocycles. The Balaban J connectivity index is 1.66. The van der Waals surface area contributed by atoms with Crippen LogP contribution < -0.4 is 10.6 Å². The first-order valence-electron chi connectivity index (χ1n) is 9.44. The van der Waals surface area contributed by atoms with Crippen molar-refractivity contribution in [1.29, 1.82) is 0 Å². The molecule has 1 aliphatic heterocycles. The average molecular weight is 373 g/mol. The third-order valence-corrected chi connectivity index (χ3v) is 5.04. The van der Waals surface area contributed by atoms with Crippen LogP contribution in [-0.2, 0) is 17.8 Å². The number of anilines is 1. The van der Waals surface area contributed by atoms with E-state index >= 15 is 0 Å². The van der Waals surface area contributed by atoms with Crippen molar-refractivity contribution in [2.75, 3.05) is 5.32 Å². The van der Waals surface area contributed by atoms with Crippen LogP contribution >= 0.6 is 0 Å². The molecular formula is C23H23N3O2. The maximum Gasteiger partial charge on any atom is 0.254 e. The second kappa shape index (κ2) is 7.35. The van der Waals surface area contributed by atoms with Gasteiger partial charge in [-0.25, -0.2) is 0 Å². The highest BCUT2D eigenvalue weighted by Crippen LogP contribution is 2.25. The number of aromatic nitrogens is 1. The van der Waals surface area contributed by atoms with E-state index in [4.69, 9.17) is 0 Å². The first kappa shape index (κ1) is 18.0. The first-order chi connectivity index (χ1) is 13.5. The zero-order valence-corrected chi connectivity index (χ0v) is 16.0. The summed E-state index contributed by atoms with van der Waals surface area (Å²) >= 11 is 0. The molecule has 0 radical (unpaired) electrons. The maximum absolute atomic E-state index is 12.7. The van der Waals surface area contributed by atoms with E-state index in [9.17, 15) is 9.59 Å². The molecule has 5 heteroatoms. The maximum atomic E-state index is 12.7. The van der Waals surface area contributed by atoms with E-state index in [1.54, 1.807) is 18.2 Å². The molecule has 1 atom stereocenters. The van der Waals surface area contributed by atoms with Crippen LogP contribution in [0.5, 0.6) is 0 Å². The van der Waals surface area contributed by atoms with E-state index in [1.807, 2.05) is 18.2 Å². The lowest BCUT2D eigenvalue weighted by molar-refractivity contribution is -0.117. The summed E-state index contributed by atoms with van der Waals surface area (Å²) in [6.45, 7) is 4.93. The smallest absolute Gasteiger partial charge is 0.254 e. The number of amides is 2. The molecule has 1 aromatic heterocycles. The Labute approximate surface area is 164 Å². The van der Waals surface area contributed by atoms with E-state index in [-0.39, 0.29) is 11.8 Å². The Morgan fingerprint density at radius 3 is 2.64 bits per heavy atom. The van der Waals surface area contributed by atoms with Gasteiger partial charge in [0, 0.05) is 30.1 Å². The highest BCUT2D eigenvalue weighted by Gasteiger charge is 2.28. The van der Waals surface area contributed by atoms with Crippen LogP contribution in [0.2, 0.25) is 0 Å². The standard InChI is InChI=1S/C23H23N3O2/c1-15(2)11-12-26-14-16(17-7-4-6-10-21(17)26)13-20-23(28)24-19-9-5-3-8-18(19)22(27)25-20/h3-11,14,20H,12-13H2,1-2H3,(H,24,28)(H,25,27)/t20-/m1/s1. The molecule has 1 aliphatic rings. The molecule has 2 amide bonds. The fraction of sp³-hybridized carbons (Fsp3) is 0.217. The fourth-order valence-electron chi connectivity index (χ4n) is 3.59. The highest BCUT2D eigenvalue weighted by molar-refractivity contribution is 6.10. The van der Waals surface area contributed by atoms with E-state index in [0.717, 1.165) is 23.0 Å². The number of fused-ring (bicyclic) bond motifs is 2. The van der Waals surface area contributed by atoms with Gasteiger partial charge in [-0.05, 0) is 37.6 Å². The molecule has 0 fully saturated rings. The van der Waals surface area contributed by atoms with Gasteiger partial charge in [-0.3, -0.25) is 9.59 Å². The second-order valence-corrected chi connectivity index (χ2v) is 7.37.